The van der Waals surface area contributed by atoms with Gasteiger partial charge in [-0.25, -0.2) is 4.79 Å². The summed E-state index contributed by atoms with van der Waals surface area (Å²) in [5.41, 5.74) is 4.85. The Morgan fingerprint density at radius 1 is 1.47 bits per heavy atom. The minimum atomic E-state index is -0.781. The van der Waals surface area contributed by atoms with Gasteiger partial charge >= 0.3 is 6.03 Å². The highest BCUT2D eigenvalue weighted by Crippen LogP contribution is 2.09. The Morgan fingerprint density at radius 3 is 2.76 bits per heavy atom. The molecule has 0 saturated carbocycles. The lowest BCUT2D eigenvalue weighted by molar-refractivity contribution is -0.120. The van der Waals surface area contributed by atoms with Crippen LogP contribution >= 0.6 is 12.4 Å². The molecule has 1 aliphatic heterocycles. The smallest absolute Gasteiger partial charge is 0.318 e. The molecule has 1 heterocycles. The Balaban J connectivity index is 0.00000256. The predicted molar refractivity (Wildman–Crippen MR) is 68.1 cm³/mol. The molecule has 1 aliphatic rings. The Bertz CT molecular complexity index is 263. The van der Waals surface area contributed by atoms with Crippen molar-refractivity contribution in [1.29, 1.82) is 0 Å². The molecule has 1 rings (SSSR count). The fraction of sp³-hybridized carbons (Fsp3) is 0.800. The molecule has 0 aromatic heterocycles. The molecule has 100 valence electrons. The van der Waals surface area contributed by atoms with E-state index < -0.39 is 6.03 Å². The standard InChI is InChI=1S/C10H20N4O2.ClH/c1-12-8-3-2-5-14(7-8)6-4-9(15)13-10(11)16;/h8,12H,2-7H2,1H3,(H3,11,13,15,16);1H. The molecule has 0 radical (unpaired) electrons. The molecule has 0 aromatic rings. The van der Waals surface area contributed by atoms with Crippen LogP contribution in [0.15, 0.2) is 0 Å². The first-order valence-electron chi connectivity index (χ1n) is 5.60. The van der Waals surface area contributed by atoms with E-state index in [1.54, 1.807) is 0 Å². The second-order valence-corrected chi connectivity index (χ2v) is 4.09. The van der Waals surface area contributed by atoms with Gasteiger partial charge in [0.1, 0.15) is 0 Å². The number of nitrogens with one attached hydrogen (secondary N) is 2. The molecular weight excluding hydrogens is 244 g/mol. The number of rotatable bonds is 4. The lowest BCUT2D eigenvalue weighted by atomic mass is 10.1. The van der Waals surface area contributed by atoms with Gasteiger partial charge in [-0.05, 0) is 26.4 Å². The molecule has 7 heteroatoms. The lowest BCUT2D eigenvalue weighted by Gasteiger charge is -2.32. The van der Waals surface area contributed by atoms with Gasteiger partial charge in [0, 0.05) is 25.6 Å². The summed E-state index contributed by atoms with van der Waals surface area (Å²) in [6.07, 6.45) is 2.64. The molecular formula is C10H21ClN4O2. The van der Waals surface area contributed by atoms with Crippen LogP contribution in [0.1, 0.15) is 19.3 Å². The molecule has 1 atom stereocenters. The highest BCUT2D eigenvalue weighted by molar-refractivity contribution is 5.93. The molecule has 17 heavy (non-hydrogen) atoms. The van der Waals surface area contributed by atoms with Gasteiger partial charge in [-0.1, -0.05) is 0 Å². The predicted octanol–water partition coefficient (Wildman–Crippen LogP) is -0.323. The Morgan fingerprint density at radius 2 is 2.18 bits per heavy atom. The van der Waals surface area contributed by atoms with E-state index in [1.165, 1.54) is 6.42 Å². The second-order valence-electron chi connectivity index (χ2n) is 4.09. The van der Waals surface area contributed by atoms with E-state index in [9.17, 15) is 9.59 Å². The monoisotopic (exact) mass is 264 g/mol. The van der Waals surface area contributed by atoms with E-state index in [2.05, 4.69) is 15.5 Å². The van der Waals surface area contributed by atoms with Gasteiger partial charge in [-0.2, -0.15) is 0 Å². The summed E-state index contributed by atoms with van der Waals surface area (Å²) >= 11 is 0. The van der Waals surface area contributed by atoms with E-state index in [4.69, 9.17) is 5.73 Å². The number of piperidine rings is 1. The molecule has 3 amide bonds. The molecule has 1 saturated heterocycles. The SMILES string of the molecule is CNC1CCCN(CCC(=O)NC(N)=O)C1.Cl. The largest absolute Gasteiger partial charge is 0.351 e. The van der Waals surface area contributed by atoms with Crippen LogP contribution in [0.5, 0.6) is 0 Å². The zero-order valence-electron chi connectivity index (χ0n) is 10.1. The van der Waals surface area contributed by atoms with Gasteiger partial charge in [-0.3, -0.25) is 10.1 Å². The first kappa shape index (κ1) is 16.1. The minimum absolute atomic E-state index is 0. The normalized spacial score (nSPS) is 20.4. The molecule has 0 bridgehead atoms. The third-order valence-corrected chi connectivity index (χ3v) is 2.83. The Kier molecular flexibility index (Phi) is 7.86. The zero-order chi connectivity index (χ0) is 12.0. The zero-order valence-corrected chi connectivity index (χ0v) is 10.9. The van der Waals surface area contributed by atoms with E-state index in [-0.39, 0.29) is 18.3 Å². The van der Waals surface area contributed by atoms with Crippen LogP contribution in [0.3, 0.4) is 0 Å². The van der Waals surface area contributed by atoms with Crippen LogP contribution in [-0.4, -0.2) is 49.6 Å². The van der Waals surface area contributed by atoms with Crippen molar-refractivity contribution in [3.63, 3.8) is 0 Å². The number of amides is 3. The number of likely N-dealkylation sites (tertiary alicyclic amines) is 1. The first-order valence-corrected chi connectivity index (χ1v) is 5.60. The van der Waals surface area contributed by atoms with Gasteiger partial charge in [0.15, 0.2) is 0 Å². The van der Waals surface area contributed by atoms with Crippen LogP contribution in [-0.2, 0) is 4.79 Å². The summed E-state index contributed by atoms with van der Waals surface area (Å²) in [5.74, 6) is -0.306. The molecule has 4 N–H and O–H groups in total. The Hall–Kier alpha value is -0.850. The average Bonchev–Trinajstić information content (AvgIpc) is 2.26. The number of primary amides is 1. The van der Waals surface area contributed by atoms with Crippen LogP contribution < -0.4 is 16.4 Å². The van der Waals surface area contributed by atoms with Crippen LogP contribution in [0.25, 0.3) is 0 Å². The van der Waals surface area contributed by atoms with Gasteiger partial charge in [0.25, 0.3) is 0 Å². The number of halogens is 1. The third-order valence-electron chi connectivity index (χ3n) is 2.83. The number of nitrogens with two attached hydrogens (primary N) is 1. The summed E-state index contributed by atoms with van der Waals surface area (Å²) in [7, 11) is 1.95. The molecule has 0 aromatic carbocycles. The van der Waals surface area contributed by atoms with Gasteiger partial charge < -0.3 is 16.0 Å². The second kappa shape index (κ2) is 8.27. The molecule has 0 aliphatic carbocycles. The number of carbonyl (C=O) groups is 2. The summed E-state index contributed by atoms with van der Waals surface area (Å²) in [4.78, 5) is 23.8. The number of likely N-dealkylation sites (N-methyl/N-ethyl adjacent to an activating group) is 1. The van der Waals surface area contributed by atoms with Crippen molar-refractivity contribution < 1.29 is 9.59 Å². The van der Waals surface area contributed by atoms with Crippen LogP contribution in [0, 0.1) is 0 Å². The highest BCUT2D eigenvalue weighted by atomic mass is 35.5. The molecule has 6 nitrogen and oxygen atoms in total. The summed E-state index contributed by atoms with van der Waals surface area (Å²) in [6.45, 7) is 2.65. The van der Waals surface area contributed by atoms with Crippen molar-refractivity contribution in [2.24, 2.45) is 5.73 Å². The van der Waals surface area contributed by atoms with Crippen molar-refractivity contribution in [2.75, 3.05) is 26.7 Å². The quantitative estimate of drug-likeness (QED) is 0.649. The molecule has 1 unspecified atom stereocenters. The highest BCUT2D eigenvalue weighted by Gasteiger charge is 2.18. The fourth-order valence-electron chi connectivity index (χ4n) is 1.95. The maximum absolute atomic E-state index is 11.2. The fourth-order valence-corrected chi connectivity index (χ4v) is 1.95. The number of hydrogen-bond donors (Lipinski definition) is 3. The van der Waals surface area contributed by atoms with Gasteiger partial charge in [0.2, 0.25) is 5.91 Å². The first-order chi connectivity index (χ1) is 7.61. The number of carbonyl (C=O) groups excluding carboxylic acids is 2. The maximum Gasteiger partial charge on any atom is 0.318 e. The van der Waals surface area contributed by atoms with Crippen molar-refractivity contribution in [1.82, 2.24) is 15.5 Å². The van der Waals surface area contributed by atoms with Crippen molar-refractivity contribution in [3.8, 4) is 0 Å². The van der Waals surface area contributed by atoms with E-state index in [0.29, 0.717) is 19.0 Å². The summed E-state index contributed by atoms with van der Waals surface area (Å²) in [6, 6.07) is -0.273. The third kappa shape index (κ3) is 6.45. The van der Waals surface area contributed by atoms with E-state index >= 15 is 0 Å². The number of hydrogen-bond acceptors (Lipinski definition) is 4. The minimum Gasteiger partial charge on any atom is -0.351 e. The number of imide groups is 1. The molecule has 0 spiro atoms. The maximum atomic E-state index is 11.2. The van der Waals surface area contributed by atoms with Crippen LogP contribution in [0.4, 0.5) is 4.79 Å². The van der Waals surface area contributed by atoms with Gasteiger partial charge in [-0.15, -0.1) is 12.4 Å². The molecule has 1 fully saturated rings. The van der Waals surface area contributed by atoms with Crippen LogP contribution in [0.2, 0.25) is 0 Å². The number of urea groups is 1. The lowest BCUT2D eigenvalue weighted by Crippen LogP contribution is -2.45. The van der Waals surface area contributed by atoms with Crippen molar-refractivity contribution in [2.45, 2.75) is 25.3 Å². The Labute approximate surface area is 108 Å². The summed E-state index contributed by atoms with van der Waals surface area (Å²) in [5, 5.41) is 5.30. The van der Waals surface area contributed by atoms with Crippen molar-refractivity contribution in [3.05, 3.63) is 0 Å². The van der Waals surface area contributed by atoms with Crippen molar-refractivity contribution >= 4 is 24.3 Å². The average molecular weight is 265 g/mol. The van der Waals surface area contributed by atoms with E-state index in [0.717, 1.165) is 19.5 Å². The number of nitrogens with zero attached hydrogens (tertiary/aromatic N) is 1. The van der Waals surface area contributed by atoms with E-state index in [1.807, 2.05) is 7.05 Å². The topological polar surface area (TPSA) is 87.5 Å². The summed E-state index contributed by atoms with van der Waals surface area (Å²) < 4.78 is 0. The van der Waals surface area contributed by atoms with Gasteiger partial charge in [0.05, 0.1) is 0 Å².